The van der Waals surface area contributed by atoms with Crippen molar-refractivity contribution in [3.05, 3.63) is 36.0 Å². The van der Waals surface area contributed by atoms with Gasteiger partial charge in [-0.3, -0.25) is 5.14 Å². The fraction of sp³-hybridized carbons (Fsp3) is 0.353. The molecular formula is C17H22F3N5O2S. The number of aliphatic hydroxyl groups excluding tert-OH is 1. The molecule has 0 aliphatic rings. The Hall–Kier alpha value is -2.37. The highest BCUT2D eigenvalue weighted by Crippen LogP contribution is 2.34. The Bertz CT molecular complexity index is 939. The van der Waals surface area contributed by atoms with Crippen LogP contribution in [0.15, 0.2) is 35.4 Å². The quantitative estimate of drug-likeness (QED) is 0.538. The van der Waals surface area contributed by atoms with E-state index in [1.54, 1.807) is 31.2 Å². The van der Waals surface area contributed by atoms with Crippen LogP contribution >= 0.6 is 0 Å². The van der Waals surface area contributed by atoms with Crippen molar-refractivity contribution in [1.29, 1.82) is 0 Å². The first kappa shape index (κ1) is 21.9. The normalized spacial score (nSPS) is 16.0. The van der Waals surface area contributed by atoms with Crippen molar-refractivity contribution in [2.24, 2.45) is 5.14 Å². The Kier molecular flexibility index (Phi) is 6.52. The number of benzene rings is 1. The highest BCUT2D eigenvalue weighted by molar-refractivity contribution is 7.99. The summed E-state index contributed by atoms with van der Waals surface area (Å²) >= 11 is 0. The van der Waals surface area contributed by atoms with Gasteiger partial charge in [-0.25, -0.2) is 9.19 Å². The lowest BCUT2D eigenvalue weighted by molar-refractivity contribution is -0.137. The molecule has 0 spiro atoms. The SMILES string of the molecule is CC=S(N)(=O)c1ccc(Nc2ncc(C(F)(F)F)c(N[C@H](C)[C@@H](C)O)n2)cc1. The number of nitrogens with one attached hydrogen (secondary N) is 2. The molecule has 0 fully saturated rings. The number of hydrogen-bond donors (Lipinski definition) is 4. The smallest absolute Gasteiger partial charge is 0.391 e. The Morgan fingerprint density at radius 3 is 2.36 bits per heavy atom. The molecule has 2 aromatic rings. The van der Waals surface area contributed by atoms with E-state index in [9.17, 15) is 22.5 Å². The molecule has 5 N–H and O–H groups in total. The summed E-state index contributed by atoms with van der Waals surface area (Å²) < 4.78 is 51.7. The van der Waals surface area contributed by atoms with E-state index in [0.717, 1.165) is 0 Å². The summed E-state index contributed by atoms with van der Waals surface area (Å²) in [4.78, 5) is 8.02. The predicted molar refractivity (Wildman–Crippen MR) is 104 cm³/mol. The van der Waals surface area contributed by atoms with Gasteiger partial charge < -0.3 is 15.7 Å². The molecule has 0 saturated heterocycles. The Balaban J connectivity index is 2.32. The fourth-order valence-electron chi connectivity index (χ4n) is 2.11. The molecule has 3 atom stereocenters. The minimum atomic E-state index is -4.65. The van der Waals surface area contributed by atoms with Crippen molar-refractivity contribution >= 4 is 32.5 Å². The third kappa shape index (κ3) is 5.33. The second-order valence-corrected chi connectivity index (χ2v) is 8.40. The maximum atomic E-state index is 13.2. The zero-order valence-electron chi connectivity index (χ0n) is 15.5. The molecule has 2 rings (SSSR count). The summed E-state index contributed by atoms with van der Waals surface area (Å²) in [5.41, 5.74) is -0.563. The van der Waals surface area contributed by atoms with Crippen LogP contribution in [0.4, 0.5) is 30.6 Å². The van der Waals surface area contributed by atoms with Gasteiger partial charge in [0.05, 0.1) is 21.9 Å². The zero-order valence-corrected chi connectivity index (χ0v) is 16.3. The molecule has 1 aromatic heterocycles. The fourth-order valence-corrected chi connectivity index (χ4v) is 2.95. The minimum absolute atomic E-state index is 0.0726. The standard InChI is InChI=1S/C17H22F3N5O2S/c1-4-28(21,27)13-7-5-12(6-8-13)24-16-22-9-14(17(18,19)20)15(25-16)23-10(2)11(3)26/h4-11,26H,1-3H3,(H2,21,27)(H2,22,23,24,25)/t10-,11-,28?/m1/s1. The number of nitrogens with two attached hydrogens (primary N) is 1. The summed E-state index contributed by atoms with van der Waals surface area (Å²) in [6.07, 6.45) is -4.88. The monoisotopic (exact) mass is 417 g/mol. The average molecular weight is 417 g/mol. The molecule has 0 radical (unpaired) electrons. The van der Waals surface area contributed by atoms with Gasteiger partial charge in [0.2, 0.25) is 5.95 Å². The molecule has 1 heterocycles. The van der Waals surface area contributed by atoms with Gasteiger partial charge in [0.1, 0.15) is 11.4 Å². The maximum Gasteiger partial charge on any atom is 0.421 e. The maximum absolute atomic E-state index is 13.2. The van der Waals surface area contributed by atoms with Gasteiger partial charge in [0.25, 0.3) is 0 Å². The molecule has 0 aliphatic heterocycles. The molecule has 0 bridgehead atoms. The highest BCUT2D eigenvalue weighted by atomic mass is 32.2. The van der Waals surface area contributed by atoms with Crippen molar-refractivity contribution in [3.8, 4) is 0 Å². The van der Waals surface area contributed by atoms with Crippen LogP contribution in [0.2, 0.25) is 0 Å². The molecule has 154 valence electrons. The number of halogens is 3. The molecular weight excluding hydrogens is 395 g/mol. The van der Waals surface area contributed by atoms with E-state index in [0.29, 0.717) is 16.8 Å². The molecule has 1 unspecified atom stereocenters. The van der Waals surface area contributed by atoms with Gasteiger partial charge >= 0.3 is 6.18 Å². The van der Waals surface area contributed by atoms with Gasteiger partial charge in [-0.2, -0.15) is 18.2 Å². The van der Waals surface area contributed by atoms with E-state index in [1.165, 1.54) is 19.2 Å². The molecule has 0 saturated carbocycles. The summed E-state index contributed by atoms with van der Waals surface area (Å²) in [5, 5.41) is 22.0. The number of rotatable bonds is 6. The number of alkyl halides is 3. The van der Waals surface area contributed by atoms with Gasteiger partial charge in [-0.1, -0.05) is 0 Å². The third-order valence-electron chi connectivity index (χ3n) is 4.01. The number of hydrogen-bond acceptors (Lipinski definition) is 6. The topological polar surface area (TPSA) is 113 Å². The molecule has 0 amide bonds. The van der Waals surface area contributed by atoms with Gasteiger partial charge in [0.15, 0.2) is 0 Å². The number of nitrogens with zero attached hydrogens (tertiary/aromatic N) is 2. The van der Waals surface area contributed by atoms with Crippen molar-refractivity contribution in [3.63, 3.8) is 0 Å². The average Bonchev–Trinajstić information content (AvgIpc) is 2.61. The van der Waals surface area contributed by atoms with Crippen LogP contribution in [0.25, 0.3) is 0 Å². The number of aromatic nitrogens is 2. The lowest BCUT2D eigenvalue weighted by atomic mass is 10.2. The first-order valence-corrected chi connectivity index (χ1v) is 9.99. The molecule has 1 aromatic carbocycles. The van der Waals surface area contributed by atoms with E-state index in [-0.39, 0.29) is 5.95 Å². The van der Waals surface area contributed by atoms with Gasteiger partial charge in [-0.05, 0) is 50.4 Å². The third-order valence-corrected chi connectivity index (χ3v) is 5.72. The van der Waals surface area contributed by atoms with Crippen LogP contribution in [0.1, 0.15) is 26.3 Å². The van der Waals surface area contributed by atoms with Crippen molar-refractivity contribution in [2.45, 2.75) is 44.0 Å². The Morgan fingerprint density at radius 1 is 1.25 bits per heavy atom. The number of anilines is 3. The molecule has 11 heteroatoms. The molecule has 7 nitrogen and oxygen atoms in total. The first-order chi connectivity index (χ1) is 12.9. The first-order valence-electron chi connectivity index (χ1n) is 8.31. The van der Waals surface area contributed by atoms with Crippen LogP contribution in [-0.2, 0) is 15.9 Å². The van der Waals surface area contributed by atoms with Crippen LogP contribution in [-0.4, -0.2) is 36.8 Å². The highest BCUT2D eigenvalue weighted by Gasteiger charge is 2.35. The second kappa shape index (κ2) is 8.33. The van der Waals surface area contributed by atoms with Crippen LogP contribution < -0.4 is 15.8 Å². The lowest BCUT2D eigenvalue weighted by Crippen LogP contribution is -2.29. The molecule has 28 heavy (non-hydrogen) atoms. The summed E-state index contributed by atoms with van der Waals surface area (Å²) in [7, 11) is -2.73. The summed E-state index contributed by atoms with van der Waals surface area (Å²) in [6.45, 7) is 4.58. The molecule has 0 aliphatic carbocycles. The Labute approximate surface area is 161 Å². The van der Waals surface area contributed by atoms with Crippen molar-refractivity contribution in [2.75, 3.05) is 10.6 Å². The van der Waals surface area contributed by atoms with Gasteiger partial charge in [-0.15, -0.1) is 0 Å². The van der Waals surface area contributed by atoms with E-state index >= 15 is 0 Å². The lowest BCUT2D eigenvalue weighted by Gasteiger charge is -2.20. The van der Waals surface area contributed by atoms with Crippen molar-refractivity contribution < 1.29 is 22.5 Å². The predicted octanol–water partition coefficient (Wildman–Crippen LogP) is 2.76. The van der Waals surface area contributed by atoms with E-state index in [2.05, 4.69) is 20.6 Å². The Morgan fingerprint density at radius 2 is 1.86 bits per heavy atom. The summed E-state index contributed by atoms with van der Waals surface area (Å²) in [6, 6.07) is 5.56. The van der Waals surface area contributed by atoms with Crippen LogP contribution in [0.3, 0.4) is 0 Å². The zero-order chi connectivity index (χ0) is 21.1. The van der Waals surface area contributed by atoms with E-state index in [1.807, 2.05) is 0 Å². The van der Waals surface area contributed by atoms with Crippen LogP contribution in [0, 0.1) is 0 Å². The van der Waals surface area contributed by atoms with E-state index in [4.69, 9.17) is 5.14 Å². The van der Waals surface area contributed by atoms with Crippen LogP contribution in [0.5, 0.6) is 0 Å². The summed E-state index contributed by atoms with van der Waals surface area (Å²) in [5.74, 6) is -0.517. The largest absolute Gasteiger partial charge is 0.421 e. The van der Waals surface area contributed by atoms with Crippen molar-refractivity contribution in [1.82, 2.24) is 9.97 Å². The van der Waals surface area contributed by atoms with E-state index < -0.39 is 39.4 Å². The second-order valence-electron chi connectivity index (χ2n) is 6.16. The minimum Gasteiger partial charge on any atom is -0.391 e. The number of aliphatic hydroxyl groups is 1. The van der Waals surface area contributed by atoms with Gasteiger partial charge in [0, 0.05) is 16.8 Å².